The second-order valence-electron chi connectivity index (χ2n) is 11.4. The number of benzene rings is 6. The van der Waals surface area contributed by atoms with Crippen LogP contribution < -0.4 is 11.5 Å². The molecule has 0 radical (unpaired) electrons. The standard InChI is InChI=1S/C39H28N4S2/c40-38(24-13-5-2-6-14-24)42-36(23-11-3-1-4-12-23)39(41)43-30-17-9-7-15-25(30)28-22-34-29(21-31(28)43)26-19-20-33-35(37(26)45-34)27-16-8-10-18-32(27)44-33/h1-22,38-39H,40-41H2/b42-36-/t38?,39-/m1/s1. The second kappa shape index (κ2) is 10.4. The zero-order chi connectivity index (χ0) is 30.1. The molecule has 0 aliphatic rings. The number of nitrogens with zero attached hydrogens (tertiary/aromatic N) is 2. The fraction of sp³-hybridized carbons (Fsp3) is 0.0513. The molecule has 4 N–H and O–H groups in total. The van der Waals surface area contributed by atoms with Crippen LogP contribution in [0.15, 0.2) is 138 Å². The number of hydrogen-bond acceptors (Lipinski definition) is 5. The summed E-state index contributed by atoms with van der Waals surface area (Å²) in [5, 5.41) is 7.57. The van der Waals surface area contributed by atoms with Crippen LogP contribution in [-0.4, -0.2) is 10.3 Å². The average Bonchev–Trinajstić information content (AvgIpc) is 3.75. The third-order valence-corrected chi connectivity index (χ3v) is 11.2. The molecule has 0 amide bonds. The van der Waals surface area contributed by atoms with Crippen molar-refractivity contribution in [2.75, 3.05) is 0 Å². The summed E-state index contributed by atoms with van der Waals surface area (Å²) in [5.74, 6) is 0. The third-order valence-electron chi connectivity index (χ3n) is 8.86. The highest BCUT2D eigenvalue weighted by Gasteiger charge is 2.23. The summed E-state index contributed by atoms with van der Waals surface area (Å²) < 4.78 is 7.52. The van der Waals surface area contributed by atoms with Crippen molar-refractivity contribution in [1.29, 1.82) is 0 Å². The van der Waals surface area contributed by atoms with E-state index in [0.717, 1.165) is 27.9 Å². The molecule has 0 saturated heterocycles. The highest BCUT2D eigenvalue weighted by atomic mass is 32.1. The topological polar surface area (TPSA) is 69.3 Å². The Bertz CT molecular complexity index is 2580. The van der Waals surface area contributed by atoms with Gasteiger partial charge in [-0.15, -0.1) is 22.7 Å². The molecule has 0 saturated carbocycles. The first-order valence-corrected chi connectivity index (χ1v) is 16.7. The number of nitrogens with two attached hydrogens (primary N) is 2. The SMILES string of the molecule is NC(/N=C(/c1ccccc1)[C@H](N)n1c2ccccc2c2cc3sc4c(ccc5sc6ccccc6c54)c3cc21)c1ccccc1. The van der Waals surface area contributed by atoms with Crippen LogP contribution in [0.1, 0.15) is 23.5 Å². The molecule has 9 aromatic rings. The highest BCUT2D eigenvalue weighted by Crippen LogP contribution is 2.46. The van der Waals surface area contributed by atoms with Gasteiger partial charge in [-0.3, -0.25) is 4.99 Å². The molecular weight excluding hydrogens is 589 g/mol. The largest absolute Gasteiger partial charge is 0.319 e. The van der Waals surface area contributed by atoms with Gasteiger partial charge in [0.25, 0.3) is 0 Å². The van der Waals surface area contributed by atoms with Crippen LogP contribution in [0.4, 0.5) is 0 Å². The molecule has 45 heavy (non-hydrogen) atoms. The summed E-state index contributed by atoms with van der Waals surface area (Å²) in [5.41, 5.74) is 18.8. The first-order chi connectivity index (χ1) is 22.2. The van der Waals surface area contributed by atoms with E-state index in [9.17, 15) is 0 Å². The minimum absolute atomic E-state index is 0.545. The van der Waals surface area contributed by atoms with E-state index in [1.54, 1.807) is 0 Å². The summed E-state index contributed by atoms with van der Waals surface area (Å²) in [6, 6.07) is 46.7. The van der Waals surface area contributed by atoms with Gasteiger partial charge in [-0.25, -0.2) is 0 Å². The normalized spacial score (nSPS) is 14.0. The van der Waals surface area contributed by atoms with Crippen LogP contribution >= 0.6 is 22.7 Å². The third kappa shape index (κ3) is 4.15. The number of aromatic nitrogens is 1. The molecule has 4 nitrogen and oxygen atoms in total. The molecule has 0 aliphatic carbocycles. The number of fused-ring (bicyclic) bond motifs is 10. The Kier molecular flexibility index (Phi) is 6.11. The predicted molar refractivity (Wildman–Crippen MR) is 195 cm³/mol. The van der Waals surface area contributed by atoms with Crippen molar-refractivity contribution < 1.29 is 0 Å². The van der Waals surface area contributed by atoms with Gasteiger partial charge in [0.15, 0.2) is 0 Å². The number of para-hydroxylation sites is 1. The van der Waals surface area contributed by atoms with Crippen molar-refractivity contribution in [3.8, 4) is 0 Å². The molecule has 216 valence electrons. The first kappa shape index (κ1) is 26.5. The molecule has 1 unspecified atom stereocenters. The van der Waals surface area contributed by atoms with Crippen molar-refractivity contribution >= 4 is 90.5 Å². The van der Waals surface area contributed by atoms with Crippen LogP contribution in [0.5, 0.6) is 0 Å². The van der Waals surface area contributed by atoms with Crippen LogP contribution in [0.3, 0.4) is 0 Å². The lowest BCUT2D eigenvalue weighted by Gasteiger charge is -2.21. The van der Waals surface area contributed by atoms with Crippen molar-refractivity contribution in [1.82, 2.24) is 4.57 Å². The van der Waals surface area contributed by atoms with Gasteiger partial charge in [0, 0.05) is 51.1 Å². The van der Waals surface area contributed by atoms with Crippen LogP contribution in [0.25, 0.3) is 62.2 Å². The van der Waals surface area contributed by atoms with Crippen LogP contribution in [0.2, 0.25) is 0 Å². The van der Waals surface area contributed by atoms with Crippen molar-refractivity contribution in [3.05, 3.63) is 145 Å². The Morgan fingerprint density at radius 1 is 0.556 bits per heavy atom. The molecule has 6 heteroatoms. The van der Waals surface area contributed by atoms with E-state index in [1.807, 2.05) is 71.2 Å². The Hall–Kier alpha value is -4.85. The first-order valence-electron chi connectivity index (χ1n) is 15.0. The van der Waals surface area contributed by atoms with Crippen molar-refractivity contribution in [3.63, 3.8) is 0 Å². The van der Waals surface area contributed by atoms with Crippen molar-refractivity contribution in [2.24, 2.45) is 16.5 Å². The molecule has 0 fully saturated rings. The monoisotopic (exact) mass is 616 g/mol. The molecule has 3 aromatic heterocycles. The molecular formula is C39H28N4S2. The smallest absolute Gasteiger partial charge is 0.125 e. The number of aliphatic imine (C=N–C) groups is 1. The molecule has 0 aliphatic heterocycles. The van der Waals surface area contributed by atoms with E-state index in [1.165, 1.54) is 51.1 Å². The summed E-state index contributed by atoms with van der Waals surface area (Å²) >= 11 is 3.75. The van der Waals surface area contributed by atoms with E-state index >= 15 is 0 Å². The van der Waals surface area contributed by atoms with Gasteiger partial charge in [-0.2, -0.15) is 0 Å². The lowest BCUT2D eigenvalue weighted by molar-refractivity contribution is 0.690. The Balaban J connectivity index is 1.31. The maximum atomic E-state index is 7.31. The fourth-order valence-corrected chi connectivity index (χ4v) is 9.22. The Morgan fingerprint density at radius 2 is 1.27 bits per heavy atom. The minimum Gasteiger partial charge on any atom is -0.319 e. The zero-order valence-corrected chi connectivity index (χ0v) is 25.9. The molecule has 0 spiro atoms. The maximum Gasteiger partial charge on any atom is 0.125 e. The van der Waals surface area contributed by atoms with Crippen molar-refractivity contribution in [2.45, 2.75) is 12.3 Å². The Labute approximate surface area is 267 Å². The quantitative estimate of drug-likeness (QED) is 0.189. The van der Waals surface area contributed by atoms with E-state index in [2.05, 4.69) is 89.5 Å². The van der Waals surface area contributed by atoms with Gasteiger partial charge in [0.1, 0.15) is 12.3 Å². The lowest BCUT2D eigenvalue weighted by Crippen LogP contribution is -2.30. The van der Waals surface area contributed by atoms with Gasteiger partial charge in [-0.1, -0.05) is 103 Å². The van der Waals surface area contributed by atoms with E-state index in [4.69, 9.17) is 16.5 Å². The summed E-state index contributed by atoms with van der Waals surface area (Å²) in [6.07, 6.45) is -1.12. The summed E-state index contributed by atoms with van der Waals surface area (Å²) in [6.45, 7) is 0. The van der Waals surface area contributed by atoms with Gasteiger partial charge in [0.05, 0.1) is 16.7 Å². The highest BCUT2D eigenvalue weighted by molar-refractivity contribution is 7.29. The molecule has 6 aromatic carbocycles. The molecule has 3 heterocycles. The number of hydrogen-bond donors (Lipinski definition) is 2. The lowest BCUT2D eigenvalue weighted by atomic mass is 10.1. The van der Waals surface area contributed by atoms with Gasteiger partial charge in [0.2, 0.25) is 0 Å². The van der Waals surface area contributed by atoms with E-state index in [-0.39, 0.29) is 0 Å². The predicted octanol–water partition coefficient (Wildman–Crippen LogP) is 10.1. The van der Waals surface area contributed by atoms with Crippen LogP contribution in [0, 0.1) is 0 Å². The van der Waals surface area contributed by atoms with Crippen LogP contribution in [-0.2, 0) is 0 Å². The number of rotatable bonds is 5. The van der Waals surface area contributed by atoms with E-state index in [0.29, 0.717) is 0 Å². The van der Waals surface area contributed by atoms with E-state index < -0.39 is 12.3 Å². The average molecular weight is 617 g/mol. The molecule has 2 atom stereocenters. The second-order valence-corrected chi connectivity index (χ2v) is 13.6. The molecule has 9 rings (SSSR count). The number of thiophene rings is 2. The Morgan fingerprint density at radius 3 is 2.09 bits per heavy atom. The summed E-state index contributed by atoms with van der Waals surface area (Å²) in [4.78, 5) is 5.10. The fourth-order valence-electron chi connectivity index (χ4n) is 6.76. The van der Waals surface area contributed by atoms with Gasteiger partial charge >= 0.3 is 0 Å². The van der Waals surface area contributed by atoms with Gasteiger partial charge < -0.3 is 16.0 Å². The minimum atomic E-state index is -0.570. The van der Waals surface area contributed by atoms with Gasteiger partial charge in [-0.05, 0) is 41.5 Å². The zero-order valence-electron chi connectivity index (χ0n) is 24.2. The molecule has 0 bridgehead atoms. The maximum absolute atomic E-state index is 7.31. The summed E-state index contributed by atoms with van der Waals surface area (Å²) in [7, 11) is 0.